The first kappa shape index (κ1) is 9.66. The van der Waals surface area contributed by atoms with E-state index in [9.17, 15) is 5.11 Å². The van der Waals surface area contributed by atoms with Crippen LogP contribution >= 0.6 is 12.2 Å². The van der Waals surface area contributed by atoms with Gasteiger partial charge in [0.05, 0.1) is 6.61 Å². The molecule has 12 heavy (non-hydrogen) atoms. The highest BCUT2D eigenvalue weighted by Gasteiger charge is 2.33. The molecular weight excluding hydrogens is 184 g/mol. The standard InChI is InChI=1S/C6H10O5S/c7-1-3(8)5(9)4-2-10-6(12)11-4/h3-5,7-9H,1-2H2/t3-,4+,5+/m1/s1. The van der Waals surface area contributed by atoms with E-state index in [1.165, 1.54) is 0 Å². The third kappa shape index (κ3) is 2.04. The van der Waals surface area contributed by atoms with Crippen LogP contribution in [0, 0.1) is 0 Å². The summed E-state index contributed by atoms with van der Waals surface area (Å²) in [5.74, 6) is 0. The smallest absolute Gasteiger partial charge is 0.352 e. The molecule has 1 saturated heterocycles. The minimum Gasteiger partial charge on any atom is -0.453 e. The molecule has 0 saturated carbocycles. The Bertz CT molecular complexity index is 173. The van der Waals surface area contributed by atoms with Crippen molar-refractivity contribution >= 4 is 17.5 Å². The van der Waals surface area contributed by atoms with Crippen LogP contribution in [0.5, 0.6) is 0 Å². The van der Waals surface area contributed by atoms with Crippen molar-refractivity contribution in [3.63, 3.8) is 0 Å². The highest BCUT2D eigenvalue weighted by atomic mass is 32.1. The van der Waals surface area contributed by atoms with Gasteiger partial charge in [0.2, 0.25) is 0 Å². The molecule has 1 rings (SSSR count). The van der Waals surface area contributed by atoms with Crippen molar-refractivity contribution in [2.75, 3.05) is 13.2 Å². The molecule has 1 fully saturated rings. The Labute approximate surface area is 74.5 Å². The minimum atomic E-state index is -1.22. The van der Waals surface area contributed by atoms with Crippen LogP contribution in [0.3, 0.4) is 0 Å². The lowest BCUT2D eigenvalue weighted by Gasteiger charge is -2.18. The zero-order valence-electron chi connectivity index (χ0n) is 6.21. The normalized spacial score (nSPS) is 27.6. The minimum absolute atomic E-state index is 0.0378. The maximum atomic E-state index is 9.26. The van der Waals surface area contributed by atoms with Gasteiger partial charge in [-0.25, -0.2) is 0 Å². The summed E-state index contributed by atoms with van der Waals surface area (Å²) in [7, 11) is 0. The molecule has 0 aromatic carbocycles. The summed E-state index contributed by atoms with van der Waals surface area (Å²) in [6, 6.07) is 0. The molecule has 0 aromatic rings. The van der Waals surface area contributed by atoms with Crippen LogP contribution in [0.4, 0.5) is 0 Å². The second-order valence-electron chi connectivity index (χ2n) is 2.46. The summed E-state index contributed by atoms with van der Waals surface area (Å²) in [6.07, 6.45) is -3.07. The van der Waals surface area contributed by atoms with Crippen LogP contribution in [-0.2, 0) is 9.47 Å². The molecule has 1 aliphatic heterocycles. The third-order valence-corrected chi connectivity index (χ3v) is 1.79. The molecular formula is C6H10O5S. The van der Waals surface area contributed by atoms with E-state index in [2.05, 4.69) is 12.2 Å². The zero-order valence-corrected chi connectivity index (χ0v) is 7.03. The fourth-order valence-corrected chi connectivity index (χ4v) is 1.06. The topological polar surface area (TPSA) is 79.2 Å². The molecule has 3 N–H and O–H groups in total. The van der Waals surface area contributed by atoms with Crippen LogP contribution in [0.15, 0.2) is 0 Å². The Kier molecular flexibility index (Phi) is 3.21. The van der Waals surface area contributed by atoms with Crippen LogP contribution < -0.4 is 0 Å². The van der Waals surface area contributed by atoms with Gasteiger partial charge in [-0.1, -0.05) is 0 Å². The van der Waals surface area contributed by atoms with Gasteiger partial charge < -0.3 is 24.8 Å². The Morgan fingerprint density at radius 1 is 1.58 bits per heavy atom. The van der Waals surface area contributed by atoms with Gasteiger partial charge in [0.25, 0.3) is 0 Å². The Morgan fingerprint density at radius 3 is 2.67 bits per heavy atom. The quantitative estimate of drug-likeness (QED) is 0.470. The lowest BCUT2D eigenvalue weighted by atomic mass is 10.1. The lowest BCUT2D eigenvalue weighted by molar-refractivity contribution is -0.0634. The fourth-order valence-electron chi connectivity index (χ4n) is 0.866. The molecule has 6 heteroatoms. The van der Waals surface area contributed by atoms with Crippen molar-refractivity contribution in [1.29, 1.82) is 0 Å². The van der Waals surface area contributed by atoms with Crippen molar-refractivity contribution in [1.82, 2.24) is 0 Å². The average molecular weight is 194 g/mol. The van der Waals surface area contributed by atoms with Crippen molar-refractivity contribution in [2.24, 2.45) is 0 Å². The van der Waals surface area contributed by atoms with E-state index in [1.54, 1.807) is 0 Å². The van der Waals surface area contributed by atoms with Crippen molar-refractivity contribution in [3.05, 3.63) is 0 Å². The number of hydrogen-bond donors (Lipinski definition) is 3. The van der Waals surface area contributed by atoms with E-state index in [0.717, 1.165) is 0 Å². The number of hydrogen-bond acceptors (Lipinski definition) is 6. The lowest BCUT2D eigenvalue weighted by Crippen LogP contribution is -2.40. The summed E-state index contributed by atoms with van der Waals surface area (Å²) in [6.45, 7) is -0.412. The van der Waals surface area contributed by atoms with Crippen LogP contribution in [0.25, 0.3) is 0 Å². The molecule has 0 amide bonds. The molecule has 0 unspecified atom stereocenters. The molecule has 0 bridgehead atoms. The van der Waals surface area contributed by atoms with Gasteiger partial charge in [0.1, 0.15) is 18.8 Å². The van der Waals surface area contributed by atoms with Gasteiger partial charge >= 0.3 is 5.24 Å². The van der Waals surface area contributed by atoms with E-state index in [-0.39, 0.29) is 11.8 Å². The molecule has 5 nitrogen and oxygen atoms in total. The monoisotopic (exact) mass is 194 g/mol. The SMILES string of the molecule is OC[C@@H](O)[C@H](O)[C@@H]1COC(=S)O1. The first-order chi connectivity index (χ1) is 5.65. The summed E-state index contributed by atoms with van der Waals surface area (Å²) in [5, 5.41) is 26.7. The van der Waals surface area contributed by atoms with Gasteiger partial charge in [-0.15, -0.1) is 0 Å². The highest BCUT2D eigenvalue weighted by Crippen LogP contribution is 2.12. The zero-order chi connectivity index (χ0) is 9.14. The number of thiocarbonyl (C=S) groups is 1. The predicted octanol–water partition coefficient (Wildman–Crippen LogP) is -1.60. The summed E-state index contributed by atoms with van der Waals surface area (Å²) in [5.41, 5.74) is 0. The van der Waals surface area contributed by atoms with E-state index in [4.69, 9.17) is 19.7 Å². The van der Waals surface area contributed by atoms with E-state index in [0.29, 0.717) is 0 Å². The molecule has 1 aliphatic rings. The van der Waals surface area contributed by atoms with Gasteiger partial charge in [-0.2, -0.15) is 0 Å². The van der Waals surface area contributed by atoms with Crippen LogP contribution in [-0.4, -0.2) is 52.1 Å². The van der Waals surface area contributed by atoms with Gasteiger partial charge in [-0.3, -0.25) is 0 Å². The maximum Gasteiger partial charge on any atom is 0.352 e. The summed E-state index contributed by atoms with van der Waals surface area (Å²) < 4.78 is 9.57. The maximum absolute atomic E-state index is 9.26. The number of ether oxygens (including phenoxy) is 2. The summed E-state index contributed by atoms with van der Waals surface area (Å²) >= 11 is 4.54. The predicted molar refractivity (Wildman–Crippen MR) is 42.5 cm³/mol. The second-order valence-corrected chi connectivity index (χ2v) is 2.79. The summed E-state index contributed by atoms with van der Waals surface area (Å²) in [4.78, 5) is 0. The van der Waals surface area contributed by atoms with Crippen LogP contribution in [0.1, 0.15) is 0 Å². The number of aliphatic hydroxyl groups is 3. The van der Waals surface area contributed by atoms with Crippen molar-refractivity contribution < 1.29 is 24.8 Å². The van der Waals surface area contributed by atoms with Crippen LogP contribution in [0.2, 0.25) is 0 Å². The van der Waals surface area contributed by atoms with Crippen molar-refractivity contribution in [2.45, 2.75) is 18.3 Å². The Hall–Kier alpha value is -0.430. The first-order valence-electron chi connectivity index (χ1n) is 3.45. The molecule has 0 spiro atoms. The van der Waals surface area contributed by atoms with Gasteiger partial charge in [0.15, 0.2) is 6.10 Å². The Morgan fingerprint density at radius 2 is 2.25 bits per heavy atom. The average Bonchev–Trinajstić information content (AvgIpc) is 2.49. The number of rotatable bonds is 3. The molecule has 70 valence electrons. The molecule has 3 atom stereocenters. The van der Waals surface area contributed by atoms with E-state index in [1.807, 2.05) is 0 Å². The van der Waals surface area contributed by atoms with Crippen molar-refractivity contribution in [3.8, 4) is 0 Å². The largest absolute Gasteiger partial charge is 0.453 e. The fraction of sp³-hybridized carbons (Fsp3) is 0.833. The first-order valence-corrected chi connectivity index (χ1v) is 3.86. The van der Waals surface area contributed by atoms with E-state index >= 15 is 0 Å². The third-order valence-electron chi connectivity index (χ3n) is 1.58. The molecule has 0 radical (unpaired) electrons. The number of aliphatic hydroxyl groups excluding tert-OH is 3. The second kappa shape index (κ2) is 3.99. The molecule has 1 heterocycles. The van der Waals surface area contributed by atoms with Gasteiger partial charge in [-0.05, 0) is 0 Å². The van der Waals surface area contributed by atoms with Gasteiger partial charge in [0, 0.05) is 12.2 Å². The molecule has 0 aromatic heterocycles. The molecule has 0 aliphatic carbocycles. The highest BCUT2D eigenvalue weighted by molar-refractivity contribution is 7.79. The van der Waals surface area contributed by atoms with E-state index < -0.39 is 24.9 Å². The Balaban J connectivity index is 2.42.